The van der Waals surface area contributed by atoms with Gasteiger partial charge in [0.2, 0.25) is 10.0 Å². The summed E-state index contributed by atoms with van der Waals surface area (Å²) in [5.41, 5.74) is 0.255. The molecular formula is C10H14IN3O4S. The first kappa shape index (κ1) is 16.1. The van der Waals surface area contributed by atoms with E-state index in [9.17, 15) is 18.5 Å². The molecule has 0 saturated heterocycles. The minimum Gasteiger partial charge on any atom is -0.378 e. The van der Waals surface area contributed by atoms with E-state index in [1.807, 2.05) is 22.6 Å². The van der Waals surface area contributed by atoms with E-state index in [1.165, 1.54) is 6.07 Å². The van der Waals surface area contributed by atoms with Crippen LogP contribution in [0.1, 0.15) is 6.92 Å². The van der Waals surface area contributed by atoms with Crippen molar-refractivity contribution in [1.82, 2.24) is 4.72 Å². The molecule has 0 bridgehead atoms. The van der Waals surface area contributed by atoms with E-state index < -0.39 is 14.9 Å². The van der Waals surface area contributed by atoms with Crippen LogP contribution in [0.2, 0.25) is 0 Å². The molecule has 1 rings (SSSR count). The van der Waals surface area contributed by atoms with E-state index in [0.29, 0.717) is 12.2 Å². The number of nitrogens with one attached hydrogen (secondary N) is 2. The van der Waals surface area contributed by atoms with Crippen molar-refractivity contribution in [2.45, 2.75) is 6.92 Å². The molecule has 106 valence electrons. The van der Waals surface area contributed by atoms with Gasteiger partial charge >= 0.3 is 0 Å². The van der Waals surface area contributed by atoms with Gasteiger partial charge in [-0.05, 0) is 34.7 Å². The van der Waals surface area contributed by atoms with Gasteiger partial charge in [-0.1, -0.05) is 6.92 Å². The van der Waals surface area contributed by atoms with Gasteiger partial charge in [0.25, 0.3) is 5.69 Å². The lowest BCUT2D eigenvalue weighted by molar-refractivity contribution is -0.384. The van der Waals surface area contributed by atoms with Crippen LogP contribution in [0, 0.1) is 13.7 Å². The summed E-state index contributed by atoms with van der Waals surface area (Å²) in [6, 6.07) is 4.72. The van der Waals surface area contributed by atoms with Crippen LogP contribution < -0.4 is 10.0 Å². The Morgan fingerprint density at radius 3 is 2.68 bits per heavy atom. The van der Waals surface area contributed by atoms with E-state index in [0.717, 1.165) is 3.57 Å². The topological polar surface area (TPSA) is 101 Å². The second kappa shape index (κ2) is 7.01. The SMILES string of the molecule is CCNS(=O)(=O)CCNc1ccc(I)cc1[N+](=O)[O-]. The van der Waals surface area contributed by atoms with Crippen molar-refractivity contribution < 1.29 is 13.3 Å². The molecule has 0 amide bonds. The van der Waals surface area contributed by atoms with Gasteiger partial charge in [0.1, 0.15) is 5.69 Å². The molecule has 19 heavy (non-hydrogen) atoms. The monoisotopic (exact) mass is 399 g/mol. The number of anilines is 1. The zero-order valence-corrected chi connectivity index (χ0v) is 13.2. The highest BCUT2D eigenvalue weighted by Crippen LogP contribution is 2.25. The molecule has 0 fully saturated rings. The lowest BCUT2D eigenvalue weighted by atomic mass is 10.2. The van der Waals surface area contributed by atoms with E-state index in [2.05, 4.69) is 10.0 Å². The normalized spacial score (nSPS) is 11.3. The van der Waals surface area contributed by atoms with Gasteiger partial charge in [-0.25, -0.2) is 13.1 Å². The summed E-state index contributed by atoms with van der Waals surface area (Å²) in [7, 11) is -3.33. The zero-order valence-electron chi connectivity index (χ0n) is 10.2. The van der Waals surface area contributed by atoms with Crippen LogP contribution in [0.3, 0.4) is 0 Å². The third-order valence-corrected chi connectivity index (χ3v) is 4.35. The number of sulfonamides is 1. The van der Waals surface area contributed by atoms with Crippen molar-refractivity contribution in [1.29, 1.82) is 0 Å². The third-order valence-electron chi connectivity index (χ3n) is 2.21. The first-order valence-corrected chi connectivity index (χ1v) is 8.24. The number of nitro groups is 1. The summed E-state index contributed by atoms with van der Waals surface area (Å²) < 4.78 is 25.9. The molecule has 0 aromatic heterocycles. The van der Waals surface area contributed by atoms with Crippen molar-refractivity contribution in [2.75, 3.05) is 24.2 Å². The molecule has 0 aliphatic carbocycles. The molecule has 0 spiro atoms. The maximum absolute atomic E-state index is 11.4. The van der Waals surface area contributed by atoms with Crippen LogP contribution in [0.5, 0.6) is 0 Å². The summed E-state index contributed by atoms with van der Waals surface area (Å²) in [5.74, 6) is -0.135. The van der Waals surface area contributed by atoms with Gasteiger partial charge in [0, 0.05) is 22.7 Å². The first-order valence-electron chi connectivity index (χ1n) is 5.51. The molecule has 7 nitrogen and oxygen atoms in total. The summed E-state index contributed by atoms with van der Waals surface area (Å²) in [6.45, 7) is 2.12. The molecule has 0 aliphatic heterocycles. The highest BCUT2D eigenvalue weighted by molar-refractivity contribution is 14.1. The highest BCUT2D eigenvalue weighted by atomic mass is 127. The smallest absolute Gasteiger partial charge is 0.293 e. The number of benzene rings is 1. The Hall–Kier alpha value is -0.940. The standard InChI is InChI=1S/C10H14IN3O4S/c1-2-13-19(17,18)6-5-12-9-4-3-8(11)7-10(9)14(15)16/h3-4,7,12-13H,2,5-6H2,1H3. The molecule has 9 heteroatoms. The summed E-state index contributed by atoms with van der Waals surface area (Å²) in [4.78, 5) is 10.4. The van der Waals surface area contributed by atoms with Crippen LogP contribution in [-0.4, -0.2) is 32.2 Å². The zero-order chi connectivity index (χ0) is 14.5. The van der Waals surface area contributed by atoms with E-state index in [4.69, 9.17) is 0 Å². The van der Waals surface area contributed by atoms with Crippen molar-refractivity contribution >= 4 is 44.0 Å². The number of rotatable bonds is 7. The van der Waals surface area contributed by atoms with E-state index in [-0.39, 0.29) is 18.0 Å². The molecule has 1 aromatic rings. The molecule has 0 saturated carbocycles. The lowest BCUT2D eigenvalue weighted by Crippen LogP contribution is -2.29. The Morgan fingerprint density at radius 2 is 2.11 bits per heavy atom. The largest absolute Gasteiger partial charge is 0.378 e. The fraction of sp³-hybridized carbons (Fsp3) is 0.400. The Balaban J connectivity index is 2.71. The van der Waals surface area contributed by atoms with Crippen LogP contribution in [-0.2, 0) is 10.0 Å². The number of halogens is 1. The lowest BCUT2D eigenvalue weighted by Gasteiger charge is -2.08. The van der Waals surface area contributed by atoms with Gasteiger partial charge in [-0.2, -0.15) is 0 Å². The Bertz CT molecular complexity index is 562. The summed E-state index contributed by atoms with van der Waals surface area (Å²) >= 11 is 1.98. The summed E-state index contributed by atoms with van der Waals surface area (Å²) in [5, 5.41) is 13.6. The van der Waals surface area contributed by atoms with Gasteiger partial charge < -0.3 is 5.32 Å². The van der Waals surface area contributed by atoms with Crippen molar-refractivity contribution in [3.05, 3.63) is 31.9 Å². The second-order valence-corrected chi connectivity index (χ2v) is 6.83. The summed E-state index contributed by atoms with van der Waals surface area (Å²) in [6.07, 6.45) is 0. The fourth-order valence-electron chi connectivity index (χ4n) is 1.42. The third kappa shape index (κ3) is 5.28. The quantitative estimate of drug-likeness (QED) is 0.412. The minimum atomic E-state index is -3.33. The highest BCUT2D eigenvalue weighted by Gasteiger charge is 2.15. The molecule has 0 radical (unpaired) electrons. The van der Waals surface area contributed by atoms with Crippen LogP contribution >= 0.6 is 22.6 Å². The van der Waals surface area contributed by atoms with E-state index in [1.54, 1.807) is 19.1 Å². The number of hydrogen-bond acceptors (Lipinski definition) is 5. The average molecular weight is 399 g/mol. The molecule has 2 N–H and O–H groups in total. The molecular weight excluding hydrogens is 385 g/mol. The van der Waals surface area contributed by atoms with Crippen molar-refractivity contribution in [3.8, 4) is 0 Å². The number of nitro benzene ring substituents is 1. The van der Waals surface area contributed by atoms with Crippen molar-refractivity contribution in [3.63, 3.8) is 0 Å². The van der Waals surface area contributed by atoms with Crippen molar-refractivity contribution in [2.24, 2.45) is 0 Å². The van der Waals surface area contributed by atoms with Gasteiger partial charge in [-0.3, -0.25) is 10.1 Å². The maximum Gasteiger partial charge on any atom is 0.293 e. The Morgan fingerprint density at radius 1 is 1.42 bits per heavy atom. The first-order chi connectivity index (χ1) is 8.85. The Kier molecular flexibility index (Phi) is 5.94. The second-order valence-electron chi connectivity index (χ2n) is 3.66. The fourth-order valence-corrected chi connectivity index (χ4v) is 2.85. The molecule has 0 atom stereocenters. The van der Waals surface area contributed by atoms with Crippen LogP contribution in [0.25, 0.3) is 0 Å². The number of hydrogen-bond donors (Lipinski definition) is 2. The molecule has 0 heterocycles. The van der Waals surface area contributed by atoms with Gasteiger partial charge in [-0.15, -0.1) is 0 Å². The molecule has 1 aromatic carbocycles. The predicted octanol–water partition coefficient (Wildman–Crippen LogP) is 1.55. The molecule has 0 unspecified atom stereocenters. The maximum atomic E-state index is 11.4. The van der Waals surface area contributed by atoms with Crippen LogP contribution in [0.4, 0.5) is 11.4 Å². The van der Waals surface area contributed by atoms with Crippen LogP contribution in [0.15, 0.2) is 18.2 Å². The number of nitrogens with zero attached hydrogens (tertiary/aromatic N) is 1. The predicted molar refractivity (Wildman–Crippen MR) is 81.8 cm³/mol. The van der Waals surface area contributed by atoms with E-state index >= 15 is 0 Å². The van der Waals surface area contributed by atoms with Gasteiger partial charge in [0.15, 0.2) is 0 Å². The average Bonchev–Trinajstić information content (AvgIpc) is 2.30. The Labute approximate surface area is 125 Å². The minimum absolute atomic E-state index is 0.0623. The molecule has 0 aliphatic rings. The van der Waals surface area contributed by atoms with Gasteiger partial charge in [0.05, 0.1) is 10.7 Å².